The van der Waals surface area contributed by atoms with Gasteiger partial charge in [0.2, 0.25) is 0 Å². The highest BCUT2D eigenvalue weighted by atomic mass is 19.4. The van der Waals surface area contributed by atoms with Crippen LogP contribution >= 0.6 is 0 Å². The van der Waals surface area contributed by atoms with E-state index in [0.29, 0.717) is 17.4 Å². The van der Waals surface area contributed by atoms with Crippen molar-refractivity contribution in [3.8, 4) is 5.69 Å². The fourth-order valence-corrected chi connectivity index (χ4v) is 3.00. The molecule has 1 unspecified atom stereocenters. The van der Waals surface area contributed by atoms with E-state index in [9.17, 15) is 18.0 Å². The van der Waals surface area contributed by atoms with Crippen LogP contribution in [-0.2, 0) is 6.18 Å². The molecule has 6 nitrogen and oxygen atoms in total. The minimum atomic E-state index is -4.44. The SMILES string of the molecule is CC(C)CC(Nc1ccc(C(=O)O)cn1)c1ccc(-n2cc(C(F)(F)F)cn2)cc1. The van der Waals surface area contributed by atoms with Gasteiger partial charge in [-0.05, 0) is 42.2 Å². The number of hydrogen-bond donors (Lipinski definition) is 2. The fraction of sp³-hybridized carbons (Fsp3) is 0.286. The molecule has 0 amide bonds. The van der Waals surface area contributed by atoms with E-state index in [0.717, 1.165) is 24.4 Å². The maximum atomic E-state index is 12.8. The molecule has 0 radical (unpaired) electrons. The Morgan fingerprint density at radius 2 is 1.83 bits per heavy atom. The number of nitrogens with zero attached hydrogens (tertiary/aromatic N) is 3. The summed E-state index contributed by atoms with van der Waals surface area (Å²) in [5.74, 6) is -0.145. The molecule has 0 aliphatic rings. The zero-order valence-corrected chi connectivity index (χ0v) is 16.4. The number of benzene rings is 1. The van der Waals surface area contributed by atoms with E-state index < -0.39 is 17.7 Å². The van der Waals surface area contributed by atoms with Crippen molar-refractivity contribution in [2.45, 2.75) is 32.5 Å². The van der Waals surface area contributed by atoms with E-state index in [4.69, 9.17) is 5.11 Å². The number of alkyl halides is 3. The van der Waals surface area contributed by atoms with Crippen LogP contribution in [0, 0.1) is 5.92 Å². The Morgan fingerprint density at radius 1 is 1.13 bits per heavy atom. The number of aromatic carboxylic acids is 1. The molecule has 0 spiro atoms. The molecule has 2 heterocycles. The molecule has 9 heteroatoms. The summed E-state index contributed by atoms with van der Waals surface area (Å²) >= 11 is 0. The predicted octanol–water partition coefficient (Wildman–Crippen LogP) is 5.18. The van der Waals surface area contributed by atoms with Crippen LogP contribution in [0.2, 0.25) is 0 Å². The van der Waals surface area contributed by atoms with E-state index in [1.807, 2.05) is 12.1 Å². The van der Waals surface area contributed by atoms with Gasteiger partial charge in [-0.3, -0.25) is 0 Å². The third kappa shape index (κ3) is 5.16. The highest BCUT2D eigenvalue weighted by molar-refractivity contribution is 5.87. The number of anilines is 1. The molecule has 3 rings (SSSR count). The fourth-order valence-electron chi connectivity index (χ4n) is 3.00. The van der Waals surface area contributed by atoms with Crippen LogP contribution in [0.3, 0.4) is 0 Å². The van der Waals surface area contributed by atoms with E-state index >= 15 is 0 Å². The normalized spacial score (nSPS) is 12.7. The summed E-state index contributed by atoms with van der Waals surface area (Å²) in [7, 11) is 0. The van der Waals surface area contributed by atoms with Gasteiger partial charge in [-0.25, -0.2) is 14.5 Å². The van der Waals surface area contributed by atoms with Crippen molar-refractivity contribution in [2.24, 2.45) is 5.92 Å². The average Bonchev–Trinajstić information content (AvgIpc) is 3.18. The number of pyridine rings is 1. The second-order valence-corrected chi connectivity index (χ2v) is 7.33. The number of halogens is 3. The smallest absolute Gasteiger partial charge is 0.419 e. The number of carbonyl (C=O) groups is 1. The largest absolute Gasteiger partial charge is 0.478 e. The van der Waals surface area contributed by atoms with Crippen LogP contribution in [0.25, 0.3) is 5.69 Å². The van der Waals surface area contributed by atoms with Crippen molar-refractivity contribution < 1.29 is 23.1 Å². The van der Waals surface area contributed by atoms with E-state index in [1.54, 1.807) is 18.2 Å². The lowest BCUT2D eigenvalue weighted by molar-refractivity contribution is -0.137. The molecule has 0 bridgehead atoms. The number of rotatable bonds is 7. The minimum Gasteiger partial charge on any atom is -0.478 e. The number of hydrogen-bond acceptors (Lipinski definition) is 4. The third-order valence-corrected chi connectivity index (χ3v) is 4.51. The van der Waals surface area contributed by atoms with E-state index in [-0.39, 0.29) is 11.6 Å². The molecule has 0 aliphatic heterocycles. The summed E-state index contributed by atoms with van der Waals surface area (Å²) in [5, 5.41) is 16.1. The zero-order valence-electron chi connectivity index (χ0n) is 16.4. The van der Waals surface area contributed by atoms with Crippen LogP contribution in [0.4, 0.5) is 19.0 Å². The van der Waals surface area contributed by atoms with Crippen LogP contribution in [0.5, 0.6) is 0 Å². The van der Waals surface area contributed by atoms with Gasteiger partial charge >= 0.3 is 12.1 Å². The molecule has 0 aliphatic carbocycles. The molecule has 1 atom stereocenters. The quantitative estimate of drug-likeness (QED) is 0.552. The van der Waals surface area contributed by atoms with Gasteiger partial charge in [-0.15, -0.1) is 0 Å². The average molecular weight is 418 g/mol. The number of nitrogens with one attached hydrogen (secondary N) is 1. The van der Waals surface area contributed by atoms with Crippen LogP contribution in [0.1, 0.15) is 47.8 Å². The number of aromatic nitrogens is 3. The lowest BCUT2D eigenvalue weighted by atomic mass is 9.96. The van der Waals surface area contributed by atoms with Crippen molar-refractivity contribution >= 4 is 11.8 Å². The second kappa shape index (κ2) is 8.56. The molecule has 0 fully saturated rings. The lowest BCUT2D eigenvalue weighted by Gasteiger charge is -2.22. The molecule has 0 saturated carbocycles. The first-order chi connectivity index (χ1) is 14.1. The number of carboxylic acids is 1. The molecule has 2 N–H and O–H groups in total. The molecular weight excluding hydrogens is 397 g/mol. The van der Waals surface area contributed by atoms with Gasteiger partial charge in [0.15, 0.2) is 0 Å². The Kier molecular flexibility index (Phi) is 6.09. The van der Waals surface area contributed by atoms with Crippen LogP contribution in [0.15, 0.2) is 55.0 Å². The van der Waals surface area contributed by atoms with Crippen LogP contribution < -0.4 is 5.32 Å². The molecule has 30 heavy (non-hydrogen) atoms. The zero-order chi connectivity index (χ0) is 21.9. The van der Waals surface area contributed by atoms with Gasteiger partial charge in [0, 0.05) is 12.4 Å². The Hall–Kier alpha value is -3.36. The highest BCUT2D eigenvalue weighted by Gasteiger charge is 2.32. The predicted molar refractivity (Wildman–Crippen MR) is 106 cm³/mol. The summed E-state index contributed by atoms with van der Waals surface area (Å²) in [6, 6.07) is 10.0. The minimum absolute atomic E-state index is 0.0998. The number of carboxylic acid groups (broad SMARTS) is 1. The Labute approximate surface area is 171 Å². The summed E-state index contributed by atoms with van der Waals surface area (Å²) < 4.78 is 39.5. The molecular formula is C21H21F3N4O2. The summed E-state index contributed by atoms with van der Waals surface area (Å²) in [5.41, 5.74) is 0.741. The first kappa shape index (κ1) is 21.4. The molecule has 3 aromatic rings. The van der Waals surface area contributed by atoms with Gasteiger partial charge < -0.3 is 10.4 Å². The standard InChI is InChI=1S/C21H21F3N4O2/c1-13(2)9-18(27-19-8-5-15(10-25-19)20(29)30)14-3-6-17(7-4-14)28-12-16(11-26-28)21(22,23)24/h3-8,10-13,18H,9H2,1-2H3,(H,25,27)(H,29,30). The van der Waals surface area contributed by atoms with Crippen molar-refractivity contribution in [1.29, 1.82) is 0 Å². The van der Waals surface area contributed by atoms with Gasteiger partial charge in [-0.1, -0.05) is 26.0 Å². The lowest BCUT2D eigenvalue weighted by Crippen LogP contribution is -2.14. The summed E-state index contributed by atoms with van der Waals surface area (Å²) in [6.45, 7) is 4.15. The first-order valence-corrected chi connectivity index (χ1v) is 9.31. The van der Waals surface area contributed by atoms with Gasteiger partial charge in [0.25, 0.3) is 0 Å². The first-order valence-electron chi connectivity index (χ1n) is 9.31. The Bertz CT molecular complexity index is 996. The van der Waals surface area contributed by atoms with Gasteiger partial charge in [0.1, 0.15) is 5.82 Å². The van der Waals surface area contributed by atoms with Crippen LogP contribution in [-0.4, -0.2) is 25.8 Å². The third-order valence-electron chi connectivity index (χ3n) is 4.51. The monoisotopic (exact) mass is 418 g/mol. The van der Waals surface area contributed by atoms with Crippen molar-refractivity contribution in [3.63, 3.8) is 0 Å². The van der Waals surface area contributed by atoms with Crippen molar-refractivity contribution in [3.05, 3.63) is 71.7 Å². The van der Waals surface area contributed by atoms with Crippen molar-refractivity contribution in [2.75, 3.05) is 5.32 Å². The maximum Gasteiger partial charge on any atom is 0.419 e. The Morgan fingerprint density at radius 3 is 2.33 bits per heavy atom. The van der Waals surface area contributed by atoms with E-state index in [2.05, 4.69) is 29.2 Å². The second-order valence-electron chi connectivity index (χ2n) is 7.33. The molecule has 1 aromatic carbocycles. The van der Waals surface area contributed by atoms with Gasteiger partial charge in [-0.2, -0.15) is 18.3 Å². The van der Waals surface area contributed by atoms with E-state index in [1.165, 1.54) is 16.9 Å². The summed E-state index contributed by atoms with van der Waals surface area (Å²) in [6.07, 6.45) is -0.623. The Balaban J connectivity index is 1.80. The maximum absolute atomic E-state index is 12.8. The van der Waals surface area contributed by atoms with Crippen molar-refractivity contribution in [1.82, 2.24) is 14.8 Å². The highest BCUT2D eigenvalue weighted by Crippen LogP contribution is 2.30. The van der Waals surface area contributed by atoms with Gasteiger partial charge in [0.05, 0.1) is 29.1 Å². The molecule has 158 valence electrons. The molecule has 0 saturated heterocycles. The molecule has 2 aromatic heterocycles. The summed E-state index contributed by atoms with van der Waals surface area (Å²) in [4.78, 5) is 15.1. The topological polar surface area (TPSA) is 80.0 Å².